The number of anilines is 1. The average molecular weight is 265 g/mol. The van der Waals surface area contributed by atoms with Crippen LogP contribution in [-0.4, -0.2) is 0 Å². The smallest absolute Gasteiger partial charge is 0.260 e. The zero-order chi connectivity index (χ0) is 13.7. The van der Waals surface area contributed by atoms with Gasteiger partial charge in [-0.15, -0.1) is 5.11 Å². The Labute approximate surface area is 107 Å². The van der Waals surface area contributed by atoms with Gasteiger partial charge in [0.25, 0.3) is 0 Å². The number of alkyl halides is 3. The van der Waals surface area contributed by atoms with Gasteiger partial charge in [0.1, 0.15) is 0 Å². The summed E-state index contributed by atoms with van der Waals surface area (Å²) in [5.74, 6) is 0. The monoisotopic (exact) mass is 265 g/mol. The van der Waals surface area contributed by atoms with Crippen LogP contribution in [0.5, 0.6) is 0 Å². The third-order valence-electron chi connectivity index (χ3n) is 2.31. The quantitative estimate of drug-likeness (QED) is 0.627. The first-order valence-corrected chi connectivity index (χ1v) is 5.45. The molecule has 0 aromatic heterocycles. The summed E-state index contributed by atoms with van der Waals surface area (Å²) >= 11 is 0. The molecule has 0 amide bonds. The topological polar surface area (TPSA) is 36.8 Å². The van der Waals surface area contributed by atoms with Gasteiger partial charge in [0, 0.05) is 0 Å². The third-order valence-corrected chi connectivity index (χ3v) is 2.31. The summed E-state index contributed by atoms with van der Waals surface area (Å²) in [5.41, 5.74) is 3.06. The van der Waals surface area contributed by atoms with Gasteiger partial charge in [0.05, 0.1) is 16.9 Å². The van der Waals surface area contributed by atoms with Crippen LogP contribution < -0.4 is 5.43 Å². The van der Waals surface area contributed by atoms with E-state index in [0.717, 1.165) is 17.8 Å². The molecule has 2 aromatic carbocycles. The van der Waals surface area contributed by atoms with E-state index in [1.165, 1.54) is 12.1 Å². The molecule has 1 N–H and O–H groups in total. The molecule has 2 aromatic rings. The van der Waals surface area contributed by atoms with Gasteiger partial charge in [0.2, 0.25) is 0 Å². The van der Waals surface area contributed by atoms with E-state index < -0.39 is 11.7 Å². The molecule has 3 nitrogen and oxygen atoms in total. The number of nitrogens with one attached hydrogen (secondary N) is 1. The van der Waals surface area contributed by atoms with Crippen LogP contribution in [-0.2, 0) is 6.18 Å². The second-order valence-corrected chi connectivity index (χ2v) is 3.72. The number of nitrogens with zero attached hydrogens (tertiary/aromatic N) is 2. The van der Waals surface area contributed by atoms with Gasteiger partial charge in [-0.1, -0.05) is 23.4 Å². The van der Waals surface area contributed by atoms with E-state index in [9.17, 15) is 13.2 Å². The van der Waals surface area contributed by atoms with Crippen molar-refractivity contribution in [3.8, 4) is 0 Å². The van der Waals surface area contributed by atoms with Crippen LogP contribution in [0.2, 0.25) is 0 Å². The Hall–Kier alpha value is -2.37. The first-order chi connectivity index (χ1) is 9.05. The molecule has 0 fully saturated rings. The lowest BCUT2D eigenvalue weighted by Gasteiger charge is -2.05. The highest BCUT2D eigenvalue weighted by atomic mass is 19.4. The van der Waals surface area contributed by atoms with Crippen molar-refractivity contribution in [3.05, 3.63) is 60.2 Å². The first-order valence-electron chi connectivity index (χ1n) is 5.45. The molecule has 19 heavy (non-hydrogen) atoms. The van der Waals surface area contributed by atoms with Crippen LogP contribution in [0.4, 0.5) is 24.5 Å². The Morgan fingerprint density at radius 3 is 2.05 bits per heavy atom. The number of halogens is 3. The second-order valence-electron chi connectivity index (χ2n) is 3.72. The van der Waals surface area contributed by atoms with E-state index in [0.29, 0.717) is 5.69 Å². The highest BCUT2D eigenvalue weighted by Gasteiger charge is 2.29. The number of rotatable bonds is 3. The molecular formula is C13H10F3N3. The maximum absolute atomic E-state index is 12.3. The van der Waals surface area contributed by atoms with Crippen molar-refractivity contribution in [2.45, 2.75) is 6.18 Å². The van der Waals surface area contributed by atoms with E-state index >= 15 is 0 Å². The van der Waals surface area contributed by atoms with Crippen molar-refractivity contribution in [3.63, 3.8) is 0 Å². The fraction of sp³-hybridized carbons (Fsp3) is 0.0769. The minimum Gasteiger partial charge on any atom is -0.260 e. The van der Waals surface area contributed by atoms with E-state index in [-0.39, 0.29) is 0 Å². The van der Waals surface area contributed by atoms with Crippen LogP contribution >= 0.6 is 0 Å². The number of para-hydroxylation sites is 1. The first kappa shape index (κ1) is 13.1. The standard InChI is InChI=1S/C13H10F3N3/c14-13(15,16)10-6-8-12(9-7-10)18-19-17-11-4-2-1-3-5-11/h1-9H,(H,17,18). The normalized spacial score (nSPS) is 11.7. The number of hydrogen-bond acceptors (Lipinski definition) is 2. The fourth-order valence-corrected chi connectivity index (χ4v) is 1.37. The van der Waals surface area contributed by atoms with Gasteiger partial charge in [0.15, 0.2) is 0 Å². The van der Waals surface area contributed by atoms with E-state index in [4.69, 9.17) is 0 Å². The van der Waals surface area contributed by atoms with Gasteiger partial charge in [-0.25, -0.2) is 0 Å². The summed E-state index contributed by atoms with van der Waals surface area (Å²) in [5, 5.41) is 7.47. The zero-order valence-corrected chi connectivity index (χ0v) is 9.72. The largest absolute Gasteiger partial charge is 0.416 e. The molecule has 6 heteroatoms. The van der Waals surface area contributed by atoms with E-state index in [2.05, 4.69) is 15.8 Å². The SMILES string of the molecule is FC(F)(F)c1ccc(N=NNc2ccccc2)cc1. The van der Waals surface area contributed by atoms with Crippen LogP contribution in [0.3, 0.4) is 0 Å². The molecule has 0 radical (unpaired) electrons. The molecule has 0 bridgehead atoms. The van der Waals surface area contributed by atoms with Gasteiger partial charge in [-0.05, 0) is 36.4 Å². The van der Waals surface area contributed by atoms with Crippen LogP contribution in [0.1, 0.15) is 5.56 Å². The molecule has 0 atom stereocenters. The molecule has 2 rings (SSSR count). The third kappa shape index (κ3) is 3.80. The average Bonchev–Trinajstić information content (AvgIpc) is 2.39. The van der Waals surface area contributed by atoms with Crippen molar-refractivity contribution in [1.29, 1.82) is 0 Å². The summed E-state index contributed by atoms with van der Waals surface area (Å²) in [6, 6.07) is 13.6. The molecule has 0 unspecified atom stereocenters. The lowest BCUT2D eigenvalue weighted by atomic mass is 10.2. The van der Waals surface area contributed by atoms with E-state index in [1.807, 2.05) is 18.2 Å². The molecule has 0 aliphatic carbocycles. The minimum atomic E-state index is -4.34. The van der Waals surface area contributed by atoms with E-state index in [1.54, 1.807) is 12.1 Å². The van der Waals surface area contributed by atoms with Crippen molar-refractivity contribution in [2.75, 3.05) is 5.43 Å². The summed E-state index contributed by atoms with van der Waals surface area (Å²) in [7, 11) is 0. The van der Waals surface area contributed by atoms with Crippen molar-refractivity contribution >= 4 is 11.4 Å². The highest BCUT2D eigenvalue weighted by Crippen LogP contribution is 2.30. The summed E-state index contributed by atoms with van der Waals surface area (Å²) in [6.45, 7) is 0. The van der Waals surface area contributed by atoms with Gasteiger partial charge in [-0.2, -0.15) is 13.2 Å². The lowest BCUT2D eigenvalue weighted by Crippen LogP contribution is -2.03. The summed E-state index contributed by atoms with van der Waals surface area (Å²) < 4.78 is 37.0. The van der Waals surface area contributed by atoms with Gasteiger partial charge in [-0.3, -0.25) is 5.43 Å². The van der Waals surface area contributed by atoms with Crippen molar-refractivity contribution in [2.24, 2.45) is 10.3 Å². The molecular weight excluding hydrogens is 255 g/mol. The predicted octanol–water partition coefficient (Wildman–Crippen LogP) is 4.82. The zero-order valence-electron chi connectivity index (χ0n) is 9.72. The maximum atomic E-state index is 12.3. The Balaban J connectivity index is 2.00. The molecule has 0 saturated heterocycles. The fourth-order valence-electron chi connectivity index (χ4n) is 1.37. The molecule has 0 spiro atoms. The van der Waals surface area contributed by atoms with Crippen molar-refractivity contribution < 1.29 is 13.2 Å². The molecule has 0 saturated carbocycles. The summed E-state index contributed by atoms with van der Waals surface area (Å²) in [6.07, 6.45) is -4.34. The maximum Gasteiger partial charge on any atom is 0.416 e. The number of hydrogen-bond donors (Lipinski definition) is 1. The van der Waals surface area contributed by atoms with Gasteiger partial charge < -0.3 is 0 Å². The minimum absolute atomic E-state index is 0.344. The Kier molecular flexibility index (Phi) is 3.79. The highest BCUT2D eigenvalue weighted by molar-refractivity contribution is 5.42. The Bertz CT molecular complexity index is 548. The molecule has 0 aliphatic rings. The van der Waals surface area contributed by atoms with Crippen molar-refractivity contribution in [1.82, 2.24) is 0 Å². The lowest BCUT2D eigenvalue weighted by molar-refractivity contribution is -0.137. The molecule has 98 valence electrons. The van der Waals surface area contributed by atoms with Crippen LogP contribution in [0.15, 0.2) is 64.9 Å². The van der Waals surface area contributed by atoms with Crippen LogP contribution in [0, 0.1) is 0 Å². The number of benzene rings is 2. The molecule has 0 aliphatic heterocycles. The van der Waals surface area contributed by atoms with Gasteiger partial charge >= 0.3 is 6.18 Å². The summed E-state index contributed by atoms with van der Waals surface area (Å²) in [4.78, 5) is 0. The molecule has 0 heterocycles. The Morgan fingerprint density at radius 2 is 1.47 bits per heavy atom. The van der Waals surface area contributed by atoms with Crippen LogP contribution in [0.25, 0.3) is 0 Å². The predicted molar refractivity (Wildman–Crippen MR) is 66.0 cm³/mol. The second kappa shape index (κ2) is 5.51. The Morgan fingerprint density at radius 1 is 0.842 bits per heavy atom.